The molecule has 0 spiro atoms. The second-order valence-electron chi connectivity index (χ2n) is 15.8. The van der Waals surface area contributed by atoms with Crippen molar-refractivity contribution in [1.82, 2.24) is 19.9 Å². The zero-order chi connectivity index (χ0) is 36.8. The Balaban J connectivity index is 1.22. The van der Waals surface area contributed by atoms with Gasteiger partial charge in [-0.2, -0.15) is 0 Å². The van der Waals surface area contributed by atoms with Crippen molar-refractivity contribution in [2.24, 2.45) is 23.7 Å². The van der Waals surface area contributed by atoms with E-state index in [9.17, 15) is 27.6 Å². The lowest BCUT2D eigenvalue weighted by Crippen LogP contribution is -2.57. The first-order chi connectivity index (χ1) is 24.9. The van der Waals surface area contributed by atoms with E-state index in [0.29, 0.717) is 18.7 Å². The SMILES string of the molecule is C=C[C@@H]1C[C@]1(NC(=O)[C@@H]1C[C@@H]2CN1C(=O)[C@H](C1CCCC1)CC(=O)OC[C@H](C)CCCc1cc3c(nccc3cc1C)O2)C(=O)NS(=O)(=O)C1CC1. The maximum Gasteiger partial charge on any atom is 0.306 e. The lowest BCUT2D eigenvalue weighted by molar-refractivity contribution is -0.152. The van der Waals surface area contributed by atoms with Crippen LogP contribution in [0.15, 0.2) is 37.1 Å². The minimum atomic E-state index is -3.87. The van der Waals surface area contributed by atoms with Crippen LogP contribution in [0, 0.1) is 30.6 Å². The molecule has 2 N–H and O–H groups in total. The summed E-state index contributed by atoms with van der Waals surface area (Å²) in [5.41, 5.74) is 0.827. The van der Waals surface area contributed by atoms with Gasteiger partial charge >= 0.3 is 5.97 Å². The summed E-state index contributed by atoms with van der Waals surface area (Å²) in [5.74, 6) is -2.77. The first-order valence-electron chi connectivity index (χ1n) is 18.9. The number of nitrogens with one attached hydrogen (secondary N) is 2. The Kier molecular flexibility index (Phi) is 10.1. The third kappa shape index (κ3) is 7.43. The summed E-state index contributed by atoms with van der Waals surface area (Å²) in [4.78, 5) is 62.0. The predicted octanol–water partition coefficient (Wildman–Crippen LogP) is 4.27. The number of nitrogens with zero attached hydrogens (tertiary/aromatic N) is 2. The molecule has 3 saturated carbocycles. The number of carbonyl (C=O) groups is 4. The fourth-order valence-electron chi connectivity index (χ4n) is 8.49. The average molecular weight is 735 g/mol. The van der Waals surface area contributed by atoms with Gasteiger partial charge in [-0.15, -0.1) is 6.58 Å². The topological polar surface area (TPSA) is 161 Å². The highest BCUT2D eigenvalue weighted by molar-refractivity contribution is 7.91. The van der Waals surface area contributed by atoms with Crippen molar-refractivity contribution in [2.45, 2.75) is 114 Å². The van der Waals surface area contributed by atoms with Crippen molar-refractivity contribution < 1.29 is 37.1 Å². The first-order valence-corrected chi connectivity index (χ1v) is 20.4. The van der Waals surface area contributed by atoms with Gasteiger partial charge in [0.05, 0.1) is 30.7 Å². The lowest BCUT2D eigenvalue weighted by Gasteiger charge is -2.31. The molecule has 3 heterocycles. The van der Waals surface area contributed by atoms with Crippen LogP contribution in [0.25, 0.3) is 10.8 Å². The predicted molar refractivity (Wildman–Crippen MR) is 193 cm³/mol. The Bertz CT molecular complexity index is 1870. The summed E-state index contributed by atoms with van der Waals surface area (Å²) in [6.07, 6.45) is 9.92. The molecule has 4 bridgehead atoms. The normalized spacial score (nSPS) is 30.3. The van der Waals surface area contributed by atoms with Gasteiger partial charge in [0.15, 0.2) is 0 Å². The number of cyclic esters (lactones) is 1. The van der Waals surface area contributed by atoms with E-state index < -0.39 is 62.6 Å². The molecule has 2 aliphatic heterocycles. The summed E-state index contributed by atoms with van der Waals surface area (Å²) in [6, 6.07) is 5.13. The Labute approximate surface area is 305 Å². The number of ether oxygens (including phenoxy) is 2. The molecule has 1 aromatic heterocycles. The fourth-order valence-corrected chi connectivity index (χ4v) is 9.86. The lowest BCUT2D eigenvalue weighted by atomic mass is 9.86. The molecule has 5 aliphatic rings. The van der Waals surface area contributed by atoms with Gasteiger partial charge in [-0.25, -0.2) is 13.4 Å². The van der Waals surface area contributed by atoms with Crippen LogP contribution < -0.4 is 14.8 Å². The van der Waals surface area contributed by atoms with Crippen molar-refractivity contribution >= 4 is 44.5 Å². The third-order valence-corrected chi connectivity index (χ3v) is 13.7. The van der Waals surface area contributed by atoms with E-state index in [0.717, 1.165) is 61.3 Å². The molecule has 13 heteroatoms. The number of carbonyl (C=O) groups excluding carboxylic acids is 4. The second kappa shape index (κ2) is 14.4. The van der Waals surface area contributed by atoms with Crippen molar-refractivity contribution in [2.75, 3.05) is 13.2 Å². The monoisotopic (exact) mass is 734 g/mol. The van der Waals surface area contributed by atoms with Crippen LogP contribution in [-0.4, -0.2) is 78.1 Å². The fraction of sp³-hybridized carbons (Fsp3) is 0.615. The molecule has 0 radical (unpaired) electrons. The third-order valence-electron chi connectivity index (χ3n) is 11.9. The number of amides is 3. The van der Waals surface area contributed by atoms with E-state index in [2.05, 4.69) is 47.6 Å². The van der Waals surface area contributed by atoms with Crippen LogP contribution in [0.1, 0.15) is 88.7 Å². The zero-order valence-corrected chi connectivity index (χ0v) is 30.9. The van der Waals surface area contributed by atoms with E-state index in [1.165, 1.54) is 16.5 Å². The van der Waals surface area contributed by atoms with Crippen LogP contribution in [-0.2, 0) is 40.4 Å². The number of esters is 1. The number of aryl methyl sites for hydroxylation is 2. The van der Waals surface area contributed by atoms with E-state index in [1.54, 1.807) is 6.20 Å². The summed E-state index contributed by atoms with van der Waals surface area (Å²) in [5, 5.41) is 4.06. The maximum absolute atomic E-state index is 14.7. The highest BCUT2D eigenvalue weighted by Gasteiger charge is 2.62. The summed E-state index contributed by atoms with van der Waals surface area (Å²) in [7, 11) is -3.87. The standard InChI is InChI=1S/C39H50N4O8S/c1-4-28-20-39(28,38(47)42-52(48,49)30-12-13-30)41-35(45)33-18-29-21-43(33)37(46)32(25-9-5-6-10-25)19-34(44)50-22-23(2)8-7-11-26-17-31-27(16-24(26)3)14-15-40-36(31)51-29/h4,14-17,23,25,28-30,32-33H,1,5-13,18-22H2,2-3H3,(H,41,45)(H,42,47)/t23-,28-,29-,32+,33+,39-/m1/s1. The van der Waals surface area contributed by atoms with Crippen LogP contribution in [0.2, 0.25) is 0 Å². The molecular weight excluding hydrogens is 685 g/mol. The van der Waals surface area contributed by atoms with E-state index in [1.807, 2.05) is 6.07 Å². The second-order valence-corrected chi connectivity index (χ2v) is 17.8. The molecular formula is C39H50N4O8S. The van der Waals surface area contributed by atoms with Gasteiger partial charge in [0.2, 0.25) is 27.7 Å². The summed E-state index contributed by atoms with van der Waals surface area (Å²) >= 11 is 0. The molecule has 280 valence electrons. The van der Waals surface area contributed by atoms with E-state index in [4.69, 9.17) is 9.47 Å². The molecule has 2 aromatic rings. The number of benzene rings is 1. The number of pyridine rings is 1. The van der Waals surface area contributed by atoms with Gasteiger partial charge in [-0.3, -0.25) is 23.9 Å². The molecule has 0 unspecified atom stereocenters. The first kappa shape index (κ1) is 36.4. The average Bonchev–Trinajstić information content (AvgIpc) is 3.98. The van der Waals surface area contributed by atoms with Crippen molar-refractivity contribution in [3.63, 3.8) is 0 Å². The maximum atomic E-state index is 14.7. The molecule has 12 nitrogen and oxygen atoms in total. The summed E-state index contributed by atoms with van der Waals surface area (Å²) in [6.45, 7) is 8.29. The Hall–Kier alpha value is -4.00. The summed E-state index contributed by atoms with van der Waals surface area (Å²) < 4.78 is 40.0. The number of hydrogen-bond acceptors (Lipinski definition) is 9. The van der Waals surface area contributed by atoms with Gasteiger partial charge < -0.3 is 19.7 Å². The molecule has 1 saturated heterocycles. The van der Waals surface area contributed by atoms with Gasteiger partial charge in [0.25, 0.3) is 5.91 Å². The smallest absolute Gasteiger partial charge is 0.306 e. The quantitative estimate of drug-likeness (QED) is 0.313. The minimum absolute atomic E-state index is 0.0357. The van der Waals surface area contributed by atoms with Gasteiger partial charge in [-0.05, 0) is 98.8 Å². The number of sulfonamides is 1. The molecule has 6 atom stereocenters. The largest absolute Gasteiger partial charge is 0.472 e. The van der Waals surface area contributed by atoms with E-state index >= 15 is 0 Å². The molecule has 3 amide bonds. The van der Waals surface area contributed by atoms with Crippen molar-refractivity contribution in [3.05, 3.63) is 48.2 Å². The number of fused-ring (bicyclic) bond motifs is 3. The molecule has 7 rings (SSSR count). The Morgan fingerprint density at radius 3 is 2.58 bits per heavy atom. The minimum Gasteiger partial charge on any atom is -0.472 e. The number of rotatable bonds is 7. The van der Waals surface area contributed by atoms with Crippen LogP contribution in [0.4, 0.5) is 0 Å². The van der Waals surface area contributed by atoms with Gasteiger partial charge in [0, 0.05) is 23.9 Å². The Morgan fingerprint density at radius 1 is 1.10 bits per heavy atom. The zero-order valence-electron chi connectivity index (χ0n) is 30.1. The number of aromatic nitrogens is 1. The van der Waals surface area contributed by atoms with E-state index in [-0.39, 0.29) is 50.2 Å². The van der Waals surface area contributed by atoms with Crippen molar-refractivity contribution in [3.8, 4) is 5.88 Å². The highest BCUT2D eigenvalue weighted by Crippen LogP contribution is 2.46. The van der Waals surface area contributed by atoms with Crippen LogP contribution in [0.3, 0.4) is 0 Å². The molecule has 4 fully saturated rings. The molecule has 52 heavy (non-hydrogen) atoms. The molecule has 3 aliphatic carbocycles. The number of hydrogen-bond donors (Lipinski definition) is 2. The van der Waals surface area contributed by atoms with Gasteiger partial charge in [-0.1, -0.05) is 31.9 Å². The van der Waals surface area contributed by atoms with Crippen LogP contribution in [0.5, 0.6) is 5.88 Å². The van der Waals surface area contributed by atoms with Gasteiger partial charge in [0.1, 0.15) is 17.7 Å². The van der Waals surface area contributed by atoms with Crippen molar-refractivity contribution in [1.29, 1.82) is 0 Å². The Morgan fingerprint density at radius 2 is 1.87 bits per heavy atom. The van der Waals surface area contributed by atoms with Crippen LogP contribution >= 0.6 is 0 Å². The highest BCUT2D eigenvalue weighted by atomic mass is 32.2. The molecule has 1 aromatic carbocycles.